The fraction of sp³-hybridized carbons (Fsp3) is 0.308. The van der Waals surface area contributed by atoms with E-state index in [-0.39, 0.29) is 6.04 Å². The predicted octanol–water partition coefficient (Wildman–Crippen LogP) is 2.66. The molecule has 2 heterocycles. The van der Waals surface area contributed by atoms with Gasteiger partial charge in [0.1, 0.15) is 11.6 Å². The van der Waals surface area contributed by atoms with E-state index in [1.165, 1.54) is 0 Å². The SMILES string of the molecule is Cc1cc(NC(C)c2ccccn2)nc(C)n1. The van der Waals surface area contributed by atoms with Crippen LogP contribution in [0.15, 0.2) is 30.5 Å². The molecule has 0 aliphatic rings. The van der Waals surface area contributed by atoms with Gasteiger partial charge in [0.2, 0.25) is 0 Å². The summed E-state index contributed by atoms with van der Waals surface area (Å²) in [5.74, 6) is 1.62. The van der Waals surface area contributed by atoms with Crippen LogP contribution < -0.4 is 5.32 Å². The van der Waals surface area contributed by atoms with E-state index < -0.39 is 0 Å². The van der Waals surface area contributed by atoms with Crippen LogP contribution in [0.25, 0.3) is 0 Å². The summed E-state index contributed by atoms with van der Waals surface area (Å²) in [6.45, 7) is 5.92. The molecule has 2 rings (SSSR count). The summed E-state index contributed by atoms with van der Waals surface area (Å²) in [4.78, 5) is 12.9. The van der Waals surface area contributed by atoms with Crippen LogP contribution >= 0.6 is 0 Å². The van der Waals surface area contributed by atoms with Crippen molar-refractivity contribution in [1.82, 2.24) is 15.0 Å². The molecule has 0 saturated heterocycles. The monoisotopic (exact) mass is 228 g/mol. The highest BCUT2D eigenvalue weighted by molar-refractivity contribution is 5.38. The summed E-state index contributed by atoms with van der Waals surface area (Å²) in [7, 11) is 0. The normalized spacial score (nSPS) is 12.2. The largest absolute Gasteiger partial charge is 0.362 e. The van der Waals surface area contributed by atoms with Gasteiger partial charge < -0.3 is 5.32 Å². The first-order valence-corrected chi connectivity index (χ1v) is 5.65. The van der Waals surface area contributed by atoms with Crippen LogP contribution in [-0.4, -0.2) is 15.0 Å². The molecule has 1 atom stereocenters. The lowest BCUT2D eigenvalue weighted by Crippen LogP contribution is -2.10. The molecule has 0 fully saturated rings. The van der Waals surface area contributed by atoms with E-state index in [1.807, 2.05) is 38.1 Å². The maximum atomic E-state index is 4.35. The molecule has 0 radical (unpaired) electrons. The van der Waals surface area contributed by atoms with Gasteiger partial charge in [0.15, 0.2) is 0 Å². The van der Waals surface area contributed by atoms with Crippen molar-refractivity contribution in [3.8, 4) is 0 Å². The van der Waals surface area contributed by atoms with Gasteiger partial charge in [0.25, 0.3) is 0 Å². The van der Waals surface area contributed by atoms with Crippen LogP contribution in [0.1, 0.15) is 30.2 Å². The van der Waals surface area contributed by atoms with Crippen molar-refractivity contribution in [2.24, 2.45) is 0 Å². The summed E-state index contributed by atoms with van der Waals surface area (Å²) in [5.41, 5.74) is 1.97. The molecule has 1 unspecified atom stereocenters. The Balaban J connectivity index is 2.16. The van der Waals surface area contributed by atoms with Crippen LogP contribution in [0, 0.1) is 13.8 Å². The number of aromatic nitrogens is 3. The van der Waals surface area contributed by atoms with Crippen molar-refractivity contribution in [3.63, 3.8) is 0 Å². The molecular formula is C13H16N4. The zero-order valence-corrected chi connectivity index (χ0v) is 10.3. The van der Waals surface area contributed by atoms with Gasteiger partial charge in [-0.25, -0.2) is 9.97 Å². The highest BCUT2D eigenvalue weighted by Gasteiger charge is 2.07. The lowest BCUT2D eigenvalue weighted by molar-refractivity contribution is 0.825. The zero-order chi connectivity index (χ0) is 12.3. The number of nitrogens with zero attached hydrogens (tertiary/aromatic N) is 3. The fourth-order valence-electron chi connectivity index (χ4n) is 1.72. The first-order chi connectivity index (χ1) is 8.15. The van der Waals surface area contributed by atoms with Crippen molar-refractivity contribution in [2.45, 2.75) is 26.8 Å². The minimum Gasteiger partial charge on any atom is -0.362 e. The smallest absolute Gasteiger partial charge is 0.130 e. The summed E-state index contributed by atoms with van der Waals surface area (Å²) < 4.78 is 0. The van der Waals surface area contributed by atoms with Crippen molar-refractivity contribution < 1.29 is 0 Å². The van der Waals surface area contributed by atoms with Gasteiger partial charge in [0.05, 0.1) is 11.7 Å². The Morgan fingerprint density at radius 1 is 1.18 bits per heavy atom. The van der Waals surface area contributed by atoms with Gasteiger partial charge in [-0.15, -0.1) is 0 Å². The number of anilines is 1. The molecule has 0 aliphatic carbocycles. The average Bonchev–Trinajstić information content (AvgIpc) is 2.28. The molecule has 0 spiro atoms. The second-order valence-corrected chi connectivity index (χ2v) is 4.06. The summed E-state index contributed by atoms with van der Waals surface area (Å²) >= 11 is 0. The third-order valence-corrected chi connectivity index (χ3v) is 2.46. The molecule has 0 amide bonds. The Labute approximate surface area is 101 Å². The number of nitrogens with one attached hydrogen (secondary N) is 1. The van der Waals surface area contributed by atoms with Crippen LogP contribution in [0.5, 0.6) is 0 Å². The zero-order valence-electron chi connectivity index (χ0n) is 10.3. The Hall–Kier alpha value is -1.97. The molecule has 0 saturated carbocycles. The Morgan fingerprint density at radius 2 is 2.00 bits per heavy atom. The van der Waals surface area contributed by atoms with Crippen molar-refractivity contribution in [3.05, 3.63) is 47.7 Å². The van der Waals surface area contributed by atoms with Crippen LogP contribution in [0.3, 0.4) is 0 Å². The number of rotatable bonds is 3. The van der Waals surface area contributed by atoms with Gasteiger partial charge in [-0.1, -0.05) is 6.07 Å². The van der Waals surface area contributed by atoms with E-state index in [0.29, 0.717) is 0 Å². The summed E-state index contributed by atoms with van der Waals surface area (Å²) in [6, 6.07) is 7.96. The molecule has 4 heteroatoms. The maximum absolute atomic E-state index is 4.35. The molecule has 88 valence electrons. The molecule has 0 aliphatic heterocycles. The van der Waals surface area contributed by atoms with E-state index in [4.69, 9.17) is 0 Å². The lowest BCUT2D eigenvalue weighted by Gasteiger charge is -2.14. The second kappa shape index (κ2) is 4.91. The molecule has 1 N–H and O–H groups in total. The van der Waals surface area contributed by atoms with Gasteiger partial charge in [-0.3, -0.25) is 4.98 Å². The first-order valence-electron chi connectivity index (χ1n) is 5.65. The van der Waals surface area contributed by atoms with E-state index in [2.05, 4.69) is 27.2 Å². The predicted molar refractivity (Wildman–Crippen MR) is 67.8 cm³/mol. The average molecular weight is 228 g/mol. The minimum absolute atomic E-state index is 0.130. The third-order valence-electron chi connectivity index (χ3n) is 2.46. The third kappa shape index (κ3) is 3.00. The van der Waals surface area contributed by atoms with E-state index >= 15 is 0 Å². The summed E-state index contributed by atoms with van der Waals surface area (Å²) in [5, 5.41) is 3.33. The first kappa shape index (κ1) is 11.5. The van der Waals surface area contributed by atoms with Crippen LogP contribution in [0.4, 0.5) is 5.82 Å². The van der Waals surface area contributed by atoms with Crippen LogP contribution in [0.2, 0.25) is 0 Å². The molecule has 17 heavy (non-hydrogen) atoms. The highest BCUT2D eigenvalue weighted by atomic mass is 15.1. The maximum Gasteiger partial charge on any atom is 0.130 e. The van der Waals surface area contributed by atoms with Crippen molar-refractivity contribution >= 4 is 5.82 Å². The van der Waals surface area contributed by atoms with Crippen LogP contribution in [-0.2, 0) is 0 Å². The number of hydrogen-bond donors (Lipinski definition) is 1. The quantitative estimate of drug-likeness (QED) is 0.877. The van der Waals surface area contributed by atoms with Crippen molar-refractivity contribution in [1.29, 1.82) is 0 Å². The van der Waals surface area contributed by atoms with Crippen molar-refractivity contribution in [2.75, 3.05) is 5.32 Å². The molecular weight excluding hydrogens is 212 g/mol. The Kier molecular flexibility index (Phi) is 3.32. The topological polar surface area (TPSA) is 50.7 Å². The molecule has 4 nitrogen and oxygen atoms in total. The molecule has 2 aromatic heterocycles. The highest BCUT2D eigenvalue weighted by Crippen LogP contribution is 2.15. The Bertz CT molecular complexity index is 476. The molecule has 2 aromatic rings. The second-order valence-electron chi connectivity index (χ2n) is 4.06. The summed E-state index contributed by atoms with van der Waals surface area (Å²) in [6.07, 6.45) is 1.80. The number of pyridine rings is 1. The van der Waals surface area contributed by atoms with E-state index in [1.54, 1.807) is 6.20 Å². The van der Waals surface area contributed by atoms with Gasteiger partial charge in [-0.2, -0.15) is 0 Å². The number of aryl methyl sites for hydroxylation is 2. The number of hydrogen-bond acceptors (Lipinski definition) is 4. The van der Waals surface area contributed by atoms with E-state index in [9.17, 15) is 0 Å². The fourth-order valence-corrected chi connectivity index (χ4v) is 1.72. The molecule has 0 bridgehead atoms. The van der Waals surface area contributed by atoms with Gasteiger partial charge in [-0.05, 0) is 32.9 Å². The van der Waals surface area contributed by atoms with Gasteiger partial charge >= 0.3 is 0 Å². The van der Waals surface area contributed by atoms with E-state index in [0.717, 1.165) is 23.0 Å². The van der Waals surface area contributed by atoms with Gasteiger partial charge in [0, 0.05) is 18.0 Å². The standard InChI is InChI=1S/C13H16N4/c1-9-8-13(17-11(3)15-9)16-10(2)12-6-4-5-7-14-12/h4-8,10H,1-3H3,(H,15,16,17). The Morgan fingerprint density at radius 3 is 2.65 bits per heavy atom. The minimum atomic E-state index is 0.130. The lowest BCUT2D eigenvalue weighted by atomic mass is 10.2. The molecule has 0 aromatic carbocycles.